The molecule has 36 heavy (non-hydrogen) atoms. The van der Waals surface area contributed by atoms with E-state index in [0.29, 0.717) is 44.1 Å². The molecule has 5 rings (SSSR count). The largest absolute Gasteiger partial charge is 0.378 e. The Hall–Kier alpha value is -4.01. The molecule has 0 spiro atoms. The summed E-state index contributed by atoms with van der Waals surface area (Å²) >= 11 is 1.61. The molecule has 1 aliphatic heterocycles. The zero-order chi connectivity index (χ0) is 24.7. The van der Waals surface area contributed by atoms with Gasteiger partial charge in [-0.1, -0.05) is 36.4 Å². The predicted molar refractivity (Wildman–Crippen MR) is 142 cm³/mol. The summed E-state index contributed by atoms with van der Waals surface area (Å²) in [5.74, 6) is -0.278. The number of amides is 2. The normalized spacial score (nSPS) is 13.7. The number of rotatable bonds is 7. The molecule has 1 N–H and O–H groups in total. The van der Waals surface area contributed by atoms with Gasteiger partial charge in [0.25, 0.3) is 5.91 Å². The number of anilines is 1. The van der Waals surface area contributed by atoms with Crippen LogP contribution in [0, 0.1) is 0 Å². The molecule has 182 valence electrons. The first-order valence-electron chi connectivity index (χ1n) is 11.8. The van der Waals surface area contributed by atoms with Crippen LogP contribution in [0.25, 0.3) is 16.6 Å². The van der Waals surface area contributed by atoms with Crippen molar-refractivity contribution in [1.29, 1.82) is 0 Å². The Morgan fingerprint density at radius 2 is 1.78 bits per heavy atom. The molecule has 0 saturated carbocycles. The van der Waals surface area contributed by atoms with Gasteiger partial charge < -0.3 is 15.0 Å². The van der Waals surface area contributed by atoms with Crippen LogP contribution in [0.3, 0.4) is 0 Å². The molecule has 7 nitrogen and oxygen atoms in total. The number of ether oxygens (including phenoxy) is 1. The van der Waals surface area contributed by atoms with Gasteiger partial charge in [0.05, 0.1) is 24.6 Å². The fourth-order valence-corrected chi connectivity index (χ4v) is 4.74. The lowest BCUT2D eigenvalue weighted by molar-refractivity contribution is -0.111. The van der Waals surface area contributed by atoms with Gasteiger partial charge in [0.2, 0.25) is 5.91 Å². The highest BCUT2D eigenvalue weighted by molar-refractivity contribution is 7.13. The summed E-state index contributed by atoms with van der Waals surface area (Å²) in [5.41, 5.74) is 4.09. The molecule has 2 aromatic heterocycles. The smallest absolute Gasteiger partial charge is 0.254 e. The van der Waals surface area contributed by atoms with Crippen LogP contribution in [-0.4, -0.2) is 52.8 Å². The lowest BCUT2D eigenvalue weighted by atomic mass is 10.1. The van der Waals surface area contributed by atoms with E-state index in [0.717, 1.165) is 21.7 Å². The number of hydrogen-bond donors (Lipinski definition) is 1. The number of nitrogens with zero attached hydrogens (tertiary/aromatic N) is 3. The Kier molecular flexibility index (Phi) is 7.35. The van der Waals surface area contributed by atoms with Crippen LogP contribution in [0.15, 0.2) is 84.4 Å². The van der Waals surface area contributed by atoms with Gasteiger partial charge in [0, 0.05) is 42.2 Å². The van der Waals surface area contributed by atoms with E-state index in [4.69, 9.17) is 9.84 Å². The SMILES string of the molecule is O=C(C=Cc1cn(Cc2ccccc2)nc1-c1cccs1)Nc1ccc(C(=O)N2CCOCC2)cc1. The fourth-order valence-electron chi connectivity index (χ4n) is 4.01. The maximum absolute atomic E-state index is 12.6. The molecular weight excluding hydrogens is 472 g/mol. The van der Waals surface area contributed by atoms with Crippen molar-refractivity contribution in [2.75, 3.05) is 31.6 Å². The highest BCUT2D eigenvalue weighted by atomic mass is 32.1. The first-order valence-corrected chi connectivity index (χ1v) is 12.6. The van der Waals surface area contributed by atoms with E-state index in [-0.39, 0.29) is 11.8 Å². The molecule has 1 aliphatic rings. The molecule has 4 aromatic rings. The third-order valence-corrected chi connectivity index (χ3v) is 6.72. The standard InChI is InChI=1S/C28H26N4O3S/c33-26(29-24-11-8-22(9-12-24)28(34)31-14-16-35-17-15-31)13-10-23-20-32(19-21-5-2-1-3-6-21)30-27(23)25-7-4-18-36-25/h1-13,18,20H,14-17,19H2,(H,29,33). The Morgan fingerprint density at radius 1 is 1.00 bits per heavy atom. The van der Waals surface area contributed by atoms with Crippen molar-refractivity contribution in [3.8, 4) is 10.6 Å². The van der Waals surface area contributed by atoms with E-state index in [1.807, 2.05) is 46.6 Å². The Labute approximate surface area is 213 Å². The van der Waals surface area contributed by atoms with Crippen LogP contribution in [0.4, 0.5) is 5.69 Å². The quantitative estimate of drug-likeness (QED) is 0.372. The second kappa shape index (κ2) is 11.2. The van der Waals surface area contributed by atoms with E-state index in [1.165, 1.54) is 6.08 Å². The first kappa shape index (κ1) is 23.7. The van der Waals surface area contributed by atoms with Crippen LogP contribution < -0.4 is 5.32 Å². The molecule has 3 heterocycles. The van der Waals surface area contributed by atoms with Gasteiger partial charge in [0.15, 0.2) is 0 Å². The maximum Gasteiger partial charge on any atom is 0.254 e. The molecule has 0 aliphatic carbocycles. The number of carbonyl (C=O) groups is 2. The van der Waals surface area contributed by atoms with E-state index in [2.05, 4.69) is 17.4 Å². The third-order valence-electron chi connectivity index (χ3n) is 5.84. The van der Waals surface area contributed by atoms with Gasteiger partial charge in [-0.05, 0) is 47.4 Å². The van der Waals surface area contributed by atoms with Gasteiger partial charge in [-0.25, -0.2) is 0 Å². The van der Waals surface area contributed by atoms with Gasteiger partial charge in [-0.2, -0.15) is 5.10 Å². The molecule has 0 radical (unpaired) electrons. The Balaban J connectivity index is 1.26. The lowest BCUT2D eigenvalue weighted by Crippen LogP contribution is -2.40. The van der Waals surface area contributed by atoms with E-state index < -0.39 is 0 Å². The minimum absolute atomic E-state index is 0.0234. The molecule has 0 atom stereocenters. The van der Waals surface area contributed by atoms with Crippen molar-refractivity contribution in [2.45, 2.75) is 6.54 Å². The van der Waals surface area contributed by atoms with E-state index in [1.54, 1.807) is 46.6 Å². The number of benzene rings is 2. The van der Waals surface area contributed by atoms with Gasteiger partial charge >= 0.3 is 0 Å². The third kappa shape index (κ3) is 5.79. The van der Waals surface area contributed by atoms with E-state index >= 15 is 0 Å². The van der Waals surface area contributed by atoms with Crippen molar-refractivity contribution >= 4 is 34.9 Å². The van der Waals surface area contributed by atoms with Crippen molar-refractivity contribution in [3.63, 3.8) is 0 Å². The molecule has 1 saturated heterocycles. The predicted octanol–water partition coefficient (Wildman–Crippen LogP) is 4.78. The van der Waals surface area contributed by atoms with Gasteiger partial charge in [0.1, 0.15) is 5.69 Å². The molecule has 1 fully saturated rings. The van der Waals surface area contributed by atoms with Crippen molar-refractivity contribution in [2.24, 2.45) is 0 Å². The molecule has 0 bridgehead atoms. The molecule has 2 amide bonds. The van der Waals surface area contributed by atoms with Crippen LogP contribution in [-0.2, 0) is 16.1 Å². The first-order chi connectivity index (χ1) is 17.7. The summed E-state index contributed by atoms with van der Waals surface area (Å²) in [5, 5.41) is 9.65. The number of carbonyl (C=O) groups excluding carboxylic acids is 2. The van der Waals surface area contributed by atoms with Gasteiger partial charge in [-0.3, -0.25) is 14.3 Å². The van der Waals surface area contributed by atoms with Crippen molar-refractivity contribution in [1.82, 2.24) is 14.7 Å². The average molecular weight is 499 g/mol. The van der Waals surface area contributed by atoms with Crippen molar-refractivity contribution < 1.29 is 14.3 Å². The van der Waals surface area contributed by atoms with E-state index in [9.17, 15) is 9.59 Å². The number of thiophene rings is 1. The molecule has 8 heteroatoms. The maximum atomic E-state index is 12.6. The highest BCUT2D eigenvalue weighted by Gasteiger charge is 2.18. The van der Waals surface area contributed by atoms with Crippen LogP contribution in [0.5, 0.6) is 0 Å². The Bertz CT molecular complexity index is 1340. The average Bonchev–Trinajstić information content (AvgIpc) is 3.59. The summed E-state index contributed by atoms with van der Waals surface area (Å²) in [6, 6.07) is 21.1. The zero-order valence-corrected chi connectivity index (χ0v) is 20.5. The second-order valence-corrected chi connectivity index (χ2v) is 9.35. The minimum Gasteiger partial charge on any atom is -0.378 e. The summed E-state index contributed by atoms with van der Waals surface area (Å²) in [6.45, 7) is 2.96. The van der Waals surface area contributed by atoms with Crippen LogP contribution >= 0.6 is 11.3 Å². The Morgan fingerprint density at radius 3 is 2.50 bits per heavy atom. The number of hydrogen-bond acceptors (Lipinski definition) is 5. The van der Waals surface area contributed by atoms with Crippen LogP contribution in [0.2, 0.25) is 0 Å². The number of morpholine rings is 1. The minimum atomic E-state index is -0.254. The zero-order valence-electron chi connectivity index (χ0n) is 19.7. The van der Waals surface area contributed by atoms with Crippen molar-refractivity contribution in [3.05, 3.63) is 101 Å². The van der Waals surface area contributed by atoms with Gasteiger partial charge in [-0.15, -0.1) is 11.3 Å². The molecule has 2 aromatic carbocycles. The number of aromatic nitrogens is 2. The van der Waals surface area contributed by atoms with Crippen LogP contribution in [0.1, 0.15) is 21.5 Å². The second-order valence-electron chi connectivity index (χ2n) is 8.40. The number of nitrogens with one attached hydrogen (secondary N) is 1. The lowest BCUT2D eigenvalue weighted by Gasteiger charge is -2.26. The summed E-state index contributed by atoms with van der Waals surface area (Å²) in [6.07, 6.45) is 5.25. The monoisotopic (exact) mass is 498 g/mol. The highest BCUT2D eigenvalue weighted by Crippen LogP contribution is 2.28. The summed E-state index contributed by atoms with van der Waals surface area (Å²) in [7, 11) is 0. The summed E-state index contributed by atoms with van der Waals surface area (Å²) in [4.78, 5) is 28.1. The fraction of sp³-hybridized carbons (Fsp3) is 0.179. The topological polar surface area (TPSA) is 76.5 Å². The molecular formula is C28H26N4O3S. The molecule has 0 unspecified atom stereocenters. The summed E-state index contributed by atoms with van der Waals surface area (Å²) < 4.78 is 7.20.